The molecule has 2 aromatic rings. The van der Waals surface area contributed by atoms with Crippen LogP contribution < -0.4 is 14.8 Å². The SMILES string of the molecule is COc1cccc(OC)c1CC(=O)N[C@H](C)Cc1ccsc1. The van der Waals surface area contributed by atoms with Crippen LogP contribution in [0.1, 0.15) is 18.1 Å². The summed E-state index contributed by atoms with van der Waals surface area (Å²) >= 11 is 1.67. The zero-order valence-electron chi connectivity index (χ0n) is 13.1. The van der Waals surface area contributed by atoms with Gasteiger partial charge in [-0.05, 0) is 47.9 Å². The van der Waals surface area contributed by atoms with Gasteiger partial charge in [0.15, 0.2) is 0 Å². The molecule has 0 aliphatic rings. The van der Waals surface area contributed by atoms with Gasteiger partial charge in [-0.3, -0.25) is 4.79 Å². The topological polar surface area (TPSA) is 47.6 Å². The molecule has 0 bridgehead atoms. The Labute approximate surface area is 135 Å². The van der Waals surface area contributed by atoms with Crippen molar-refractivity contribution in [3.63, 3.8) is 0 Å². The lowest BCUT2D eigenvalue weighted by atomic mass is 10.1. The Bertz CT molecular complexity index is 588. The van der Waals surface area contributed by atoms with Crippen LogP contribution >= 0.6 is 11.3 Å². The maximum atomic E-state index is 12.3. The number of hydrogen-bond donors (Lipinski definition) is 1. The van der Waals surface area contributed by atoms with E-state index in [2.05, 4.69) is 16.8 Å². The molecule has 4 nitrogen and oxygen atoms in total. The van der Waals surface area contributed by atoms with Crippen molar-refractivity contribution in [1.29, 1.82) is 0 Å². The van der Waals surface area contributed by atoms with Crippen molar-refractivity contribution >= 4 is 17.2 Å². The second kappa shape index (κ2) is 7.84. The van der Waals surface area contributed by atoms with Crippen LogP contribution in [0.4, 0.5) is 0 Å². The van der Waals surface area contributed by atoms with Crippen LogP contribution in [0, 0.1) is 0 Å². The van der Waals surface area contributed by atoms with Crippen molar-refractivity contribution < 1.29 is 14.3 Å². The largest absolute Gasteiger partial charge is 0.496 e. The minimum Gasteiger partial charge on any atom is -0.496 e. The van der Waals surface area contributed by atoms with Gasteiger partial charge in [0.2, 0.25) is 5.91 Å². The number of rotatable bonds is 7. The van der Waals surface area contributed by atoms with Crippen molar-refractivity contribution in [1.82, 2.24) is 5.32 Å². The third kappa shape index (κ3) is 4.24. The normalized spacial score (nSPS) is 11.8. The molecule has 1 aromatic heterocycles. The molecule has 1 amide bonds. The molecule has 118 valence electrons. The predicted molar refractivity (Wildman–Crippen MR) is 88.9 cm³/mol. The van der Waals surface area contributed by atoms with E-state index < -0.39 is 0 Å². The summed E-state index contributed by atoms with van der Waals surface area (Å²) in [5.41, 5.74) is 2.01. The highest BCUT2D eigenvalue weighted by Gasteiger charge is 2.15. The van der Waals surface area contributed by atoms with Gasteiger partial charge in [0.05, 0.1) is 20.6 Å². The lowest BCUT2D eigenvalue weighted by molar-refractivity contribution is -0.121. The first-order valence-corrected chi connectivity index (χ1v) is 8.08. The quantitative estimate of drug-likeness (QED) is 0.853. The van der Waals surface area contributed by atoms with Gasteiger partial charge in [-0.1, -0.05) is 6.07 Å². The number of methoxy groups -OCH3 is 2. The fraction of sp³-hybridized carbons (Fsp3) is 0.353. The van der Waals surface area contributed by atoms with Crippen LogP contribution in [0.3, 0.4) is 0 Å². The Morgan fingerprint density at radius 1 is 1.23 bits per heavy atom. The minimum absolute atomic E-state index is 0.0365. The van der Waals surface area contributed by atoms with Gasteiger partial charge in [-0.2, -0.15) is 11.3 Å². The second-order valence-corrected chi connectivity index (χ2v) is 5.90. The third-order valence-electron chi connectivity index (χ3n) is 3.40. The maximum Gasteiger partial charge on any atom is 0.224 e. The van der Waals surface area contributed by atoms with Crippen molar-refractivity contribution in [3.8, 4) is 11.5 Å². The van der Waals surface area contributed by atoms with E-state index in [-0.39, 0.29) is 18.4 Å². The van der Waals surface area contributed by atoms with Gasteiger partial charge in [0, 0.05) is 11.6 Å². The van der Waals surface area contributed by atoms with Crippen molar-refractivity contribution in [3.05, 3.63) is 46.2 Å². The van der Waals surface area contributed by atoms with E-state index in [0.29, 0.717) is 11.5 Å². The molecule has 1 aromatic carbocycles. The Morgan fingerprint density at radius 3 is 2.45 bits per heavy atom. The van der Waals surface area contributed by atoms with Gasteiger partial charge >= 0.3 is 0 Å². The zero-order chi connectivity index (χ0) is 15.9. The Morgan fingerprint density at radius 2 is 1.91 bits per heavy atom. The number of thiophene rings is 1. The smallest absolute Gasteiger partial charge is 0.224 e. The number of nitrogens with one attached hydrogen (secondary N) is 1. The van der Waals surface area contributed by atoms with E-state index >= 15 is 0 Å². The summed E-state index contributed by atoms with van der Waals surface area (Å²) in [7, 11) is 3.19. The molecule has 0 radical (unpaired) electrons. The summed E-state index contributed by atoms with van der Waals surface area (Å²) in [5.74, 6) is 1.30. The second-order valence-electron chi connectivity index (χ2n) is 5.12. The molecule has 0 unspecified atom stereocenters. The highest BCUT2D eigenvalue weighted by molar-refractivity contribution is 7.07. The van der Waals surface area contributed by atoms with Gasteiger partial charge in [0.1, 0.15) is 11.5 Å². The van der Waals surface area contributed by atoms with E-state index in [1.807, 2.05) is 30.5 Å². The molecule has 1 atom stereocenters. The average Bonchev–Trinajstić information content (AvgIpc) is 2.99. The number of benzene rings is 1. The molecule has 1 heterocycles. The first kappa shape index (κ1) is 16.4. The van der Waals surface area contributed by atoms with Crippen LogP contribution in [0.5, 0.6) is 11.5 Å². The van der Waals surface area contributed by atoms with E-state index in [0.717, 1.165) is 12.0 Å². The van der Waals surface area contributed by atoms with Gasteiger partial charge in [-0.15, -0.1) is 0 Å². The number of hydrogen-bond acceptors (Lipinski definition) is 4. The molecule has 0 saturated heterocycles. The standard InChI is InChI=1S/C17H21NO3S/c1-12(9-13-7-8-22-11-13)18-17(19)10-14-15(20-2)5-4-6-16(14)21-3/h4-8,11-12H,9-10H2,1-3H3,(H,18,19)/t12-/m1/s1. The highest BCUT2D eigenvalue weighted by atomic mass is 32.1. The van der Waals surface area contributed by atoms with E-state index in [1.54, 1.807) is 25.6 Å². The highest BCUT2D eigenvalue weighted by Crippen LogP contribution is 2.28. The molecule has 0 aliphatic heterocycles. The average molecular weight is 319 g/mol. The molecule has 0 spiro atoms. The Balaban J connectivity index is 1.99. The first-order chi connectivity index (χ1) is 10.6. The van der Waals surface area contributed by atoms with Crippen LogP contribution in [0.2, 0.25) is 0 Å². The Hall–Kier alpha value is -2.01. The van der Waals surface area contributed by atoms with E-state index in [1.165, 1.54) is 5.56 Å². The summed E-state index contributed by atoms with van der Waals surface area (Å²) in [5, 5.41) is 7.17. The lowest BCUT2D eigenvalue weighted by Gasteiger charge is -2.16. The molecular formula is C17H21NO3S. The summed E-state index contributed by atoms with van der Waals surface area (Å²) < 4.78 is 10.6. The molecule has 22 heavy (non-hydrogen) atoms. The molecule has 0 fully saturated rings. The number of amides is 1. The monoisotopic (exact) mass is 319 g/mol. The van der Waals surface area contributed by atoms with E-state index in [9.17, 15) is 4.79 Å². The summed E-state index contributed by atoms with van der Waals surface area (Å²) in [6.45, 7) is 2.01. The fourth-order valence-electron chi connectivity index (χ4n) is 2.40. The lowest BCUT2D eigenvalue weighted by Crippen LogP contribution is -2.35. The summed E-state index contributed by atoms with van der Waals surface area (Å²) in [6.07, 6.45) is 1.07. The van der Waals surface area contributed by atoms with Gasteiger partial charge in [0.25, 0.3) is 0 Å². The Kier molecular flexibility index (Phi) is 5.83. The summed E-state index contributed by atoms with van der Waals surface area (Å²) in [6, 6.07) is 7.68. The number of carbonyl (C=O) groups is 1. The minimum atomic E-state index is -0.0365. The third-order valence-corrected chi connectivity index (χ3v) is 4.13. The van der Waals surface area contributed by atoms with Crippen LogP contribution in [-0.2, 0) is 17.6 Å². The van der Waals surface area contributed by atoms with Gasteiger partial charge < -0.3 is 14.8 Å². The molecule has 0 saturated carbocycles. The van der Waals surface area contributed by atoms with Crippen molar-refractivity contribution in [2.75, 3.05) is 14.2 Å². The number of carbonyl (C=O) groups excluding carboxylic acids is 1. The molecule has 1 N–H and O–H groups in total. The zero-order valence-corrected chi connectivity index (χ0v) is 13.9. The fourth-order valence-corrected chi connectivity index (χ4v) is 3.08. The van der Waals surface area contributed by atoms with E-state index in [4.69, 9.17) is 9.47 Å². The molecular weight excluding hydrogens is 298 g/mol. The van der Waals surface area contributed by atoms with Crippen LogP contribution in [-0.4, -0.2) is 26.2 Å². The van der Waals surface area contributed by atoms with Crippen LogP contribution in [0.25, 0.3) is 0 Å². The summed E-state index contributed by atoms with van der Waals surface area (Å²) in [4.78, 5) is 12.3. The molecule has 5 heteroatoms. The van der Waals surface area contributed by atoms with Crippen LogP contribution in [0.15, 0.2) is 35.0 Å². The molecule has 0 aliphatic carbocycles. The maximum absolute atomic E-state index is 12.3. The van der Waals surface area contributed by atoms with Crippen molar-refractivity contribution in [2.24, 2.45) is 0 Å². The molecule has 2 rings (SSSR count). The van der Waals surface area contributed by atoms with Crippen molar-refractivity contribution in [2.45, 2.75) is 25.8 Å². The number of ether oxygens (including phenoxy) is 2. The van der Waals surface area contributed by atoms with Gasteiger partial charge in [-0.25, -0.2) is 0 Å². The first-order valence-electron chi connectivity index (χ1n) is 7.14. The predicted octanol–water partition coefficient (Wildman–Crippen LogP) is 3.06.